The summed E-state index contributed by atoms with van der Waals surface area (Å²) in [4.78, 5) is 0. The van der Waals surface area contributed by atoms with E-state index in [-0.39, 0.29) is 5.92 Å². The van der Waals surface area contributed by atoms with Crippen molar-refractivity contribution < 1.29 is 8.42 Å². The van der Waals surface area contributed by atoms with E-state index < -0.39 is 16.3 Å². The predicted molar refractivity (Wildman–Crippen MR) is 45.4 cm³/mol. The minimum absolute atomic E-state index is 0.0434. The molecule has 0 heterocycles. The average molecular weight is 191 g/mol. The Morgan fingerprint density at radius 2 is 1.92 bits per heavy atom. The number of nitrogens with one attached hydrogen (secondary N) is 2. The monoisotopic (exact) mass is 191 g/mol. The molecule has 1 atom stereocenters. The summed E-state index contributed by atoms with van der Waals surface area (Å²) in [6, 6.07) is 1.18. The van der Waals surface area contributed by atoms with Gasteiger partial charge in [0.25, 0.3) is 10.2 Å². The SMILES string of the molecule is CNS(=O)(=O)NC(C#N)C(C)C. The highest BCUT2D eigenvalue weighted by Crippen LogP contribution is 2.00. The van der Waals surface area contributed by atoms with E-state index in [0.29, 0.717) is 0 Å². The van der Waals surface area contributed by atoms with Crippen LogP contribution in [0.25, 0.3) is 0 Å². The Labute approximate surface area is 73.0 Å². The van der Waals surface area contributed by atoms with Crippen molar-refractivity contribution in [3.63, 3.8) is 0 Å². The average Bonchev–Trinajstić information content (AvgIpc) is 2.00. The second-order valence-corrected chi connectivity index (χ2v) is 4.33. The van der Waals surface area contributed by atoms with Crippen molar-refractivity contribution in [1.82, 2.24) is 9.44 Å². The third kappa shape index (κ3) is 3.67. The van der Waals surface area contributed by atoms with Gasteiger partial charge >= 0.3 is 0 Å². The Hall–Kier alpha value is -0.640. The molecule has 0 aliphatic heterocycles. The molecule has 0 aliphatic rings. The van der Waals surface area contributed by atoms with Gasteiger partial charge < -0.3 is 0 Å². The van der Waals surface area contributed by atoms with Crippen LogP contribution in [0.15, 0.2) is 0 Å². The van der Waals surface area contributed by atoms with Crippen molar-refractivity contribution in [3.05, 3.63) is 0 Å². The molecule has 0 saturated heterocycles. The lowest BCUT2D eigenvalue weighted by Gasteiger charge is -2.13. The maximum Gasteiger partial charge on any atom is 0.277 e. The van der Waals surface area contributed by atoms with Crippen LogP contribution in [0.2, 0.25) is 0 Å². The van der Waals surface area contributed by atoms with Crippen molar-refractivity contribution in [3.8, 4) is 6.07 Å². The first kappa shape index (κ1) is 11.4. The third-order valence-electron chi connectivity index (χ3n) is 1.36. The van der Waals surface area contributed by atoms with Crippen LogP contribution in [0.5, 0.6) is 0 Å². The number of hydrogen-bond acceptors (Lipinski definition) is 3. The van der Waals surface area contributed by atoms with Gasteiger partial charge in [-0.2, -0.15) is 18.4 Å². The molecule has 0 saturated carbocycles. The largest absolute Gasteiger partial charge is 0.277 e. The van der Waals surface area contributed by atoms with Gasteiger partial charge in [0.05, 0.1) is 6.07 Å². The summed E-state index contributed by atoms with van der Waals surface area (Å²) in [5.74, 6) is -0.0434. The van der Waals surface area contributed by atoms with E-state index >= 15 is 0 Å². The molecule has 0 radical (unpaired) electrons. The number of hydrogen-bond donors (Lipinski definition) is 2. The first-order valence-electron chi connectivity index (χ1n) is 3.53. The standard InChI is InChI=1S/C6H13N3O2S/c1-5(2)6(4-7)9-12(10,11)8-3/h5-6,8-9H,1-3H3. The molecular weight excluding hydrogens is 178 g/mol. The van der Waals surface area contributed by atoms with Gasteiger partial charge in [-0.1, -0.05) is 13.8 Å². The van der Waals surface area contributed by atoms with Crippen LogP contribution < -0.4 is 9.44 Å². The van der Waals surface area contributed by atoms with E-state index in [0.717, 1.165) is 0 Å². The molecule has 5 nitrogen and oxygen atoms in total. The van der Waals surface area contributed by atoms with Crippen LogP contribution in [0.3, 0.4) is 0 Å². The van der Waals surface area contributed by atoms with Gasteiger partial charge in [0.1, 0.15) is 6.04 Å². The second kappa shape index (κ2) is 4.40. The van der Waals surface area contributed by atoms with E-state index in [2.05, 4.69) is 9.44 Å². The Kier molecular flexibility index (Phi) is 4.17. The zero-order valence-electron chi connectivity index (χ0n) is 7.33. The Bertz CT molecular complexity index is 265. The van der Waals surface area contributed by atoms with Gasteiger partial charge in [0, 0.05) is 7.05 Å². The fourth-order valence-corrected chi connectivity index (χ4v) is 1.31. The molecule has 12 heavy (non-hydrogen) atoms. The van der Waals surface area contributed by atoms with Crippen molar-refractivity contribution >= 4 is 10.2 Å². The maximum absolute atomic E-state index is 10.9. The van der Waals surface area contributed by atoms with Gasteiger partial charge in [-0.25, -0.2) is 4.72 Å². The van der Waals surface area contributed by atoms with E-state index in [1.807, 2.05) is 6.07 Å². The topological polar surface area (TPSA) is 82.0 Å². The van der Waals surface area contributed by atoms with Crippen LogP contribution in [-0.4, -0.2) is 21.5 Å². The summed E-state index contributed by atoms with van der Waals surface area (Å²) in [7, 11) is -2.21. The van der Waals surface area contributed by atoms with Crippen molar-refractivity contribution in [2.45, 2.75) is 19.9 Å². The van der Waals surface area contributed by atoms with Gasteiger partial charge in [-0.05, 0) is 5.92 Å². The molecular formula is C6H13N3O2S. The van der Waals surface area contributed by atoms with Crippen LogP contribution in [0.4, 0.5) is 0 Å². The van der Waals surface area contributed by atoms with Gasteiger partial charge in [-0.3, -0.25) is 0 Å². The van der Waals surface area contributed by atoms with Crippen molar-refractivity contribution in [1.29, 1.82) is 5.26 Å². The fourth-order valence-electron chi connectivity index (χ4n) is 0.538. The molecule has 0 aliphatic carbocycles. The molecule has 1 unspecified atom stereocenters. The normalized spacial score (nSPS) is 14.2. The summed E-state index contributed by atoms with van der Waals surface area (Å²) in [6.07, 6.45) is 0. The predicted octanol–water partition coefficient (Wildman–Crippen LogP) is -0.412. The van der Waals surface area contributed by atoms with E-state index in [4.69, 9.17) is 5.26 Å². The molecule has 70 valence electrons. The van der Waals surface area contributed by atoms with Gasteiger partial charge in [0.2, 0.25) is 0 Å². The van der Waals surface area contributed by atoms with Crippen LogP contribution in [0, 0.1) is 17.2 Å². The zero-order chi connectivity index (χ0) is 9.78. The summed E-state index contributed by atoms with van der Waals surface area (Å²) >= 11 is 0. The summed E-state index contributed by atoms with van der Waals surface area (Å²) in [6.45, 7) is 3.54. The zero-order valence-corrected chi connectivity index (χ0v) is 8.14. The smallest absolute Gasteiger partial charge is 0.205 e. The number of nitrogens with zero attached hydrogens (tertiary/aromatic N) is 1. The Balaban J connectivity index is 4.35. The molecule has 0 fully saturated rings. The van der Waals surface area contributed by atoms with Crippen LogP contribution in [0.1, 0.15) is 13.8 Å². The molecule has 6 heteroatoms. The second-order valence-electron chi connectivity index (χ2n) is 2.68. The van der Waals surface area contributed by atoms with E-state index in [9.17, 15) is 8.42 Å². The van der Waals surface area contributed by atoms with Crippen molar-refractivity contribution in [2.24, 2.45) is 5.92 Å². The van der Waals surface area contributed by atoms with E-state index in [1.165, 1.54) is 7.05 Å². The number of rotatable bonds is 4. The highest BCUT2D eigenvalue weighted by molar-refractivity contribution is 7.87. The van der Waals surface area contributed by atoms with Crippen LogP contribution in [-0.2, 0) is 10.2 Å². The Morgan fingerprint density at radius 1 is 1.42 bits per heavy atom. The fraction of sp³-hybridized carbons (Fsp3) is 0.833. The van der Waals surface area contributed by atoms with Gasteiger partial charge in [0.15, 0.2) is 0 Å². The molecule has 0 aromatic carbocycles. The minimum atomic E-state index is -3.50. The highest BCUT2D eigenvalue weighted by atomic mass is 32.2. The summed E-state index contributed by atoms with van der Waals surface area (Å²) < 4.78 is 26.1. The summed E-state index contributed by atoms with van der Waals surface area (Å²) in [5, 5.41) is 8.55. The molecule has 0 aromatic rings. The lowest BCUT2D eigenvalue weighted by atomic mass is 10.1. The van der Waals surface area contributed by atoms with Crippen molar-refractivity contribution in [2.75, 3.05) is 7.05 Å². The first-order valence-corrected chi connectivity index (χ1v) is 5.01. The Morgan fingerprint density at radius 3 is 2.17 bits per heavy atom. The van der Waals surface area contributed by atoms with Gasteiger partial charge in [-0.15, -0.1) is 0 Å². The first-order chi connectivity index (χ1) is 5.43. The highest BCUT2D eigenvalue weighted by Gasteiger charge is 2.18. The summed E-state index contributed by atoms with van der Waals surface area (Å²) in [5.41, 5.74) is 0. The lowest BCUT2D eigenvalue weighted by Crippen LogP contribution is -2.42. The molecule has 0 rings (SSSR count). The third-order valence-corrected chi connectivity index (χ3v) is 2.46. The quantitative estimate of drug-likeness (QED) is 0.633. The number of nitriles is 1. The maximum atomic E-state index is 10.9. The molecule has 2 N–H and O–H groups in total. The lowest BCUT2D eigenvalue weighted by molar-refractivity contribution is 0.510. The molecule has 0 bridgehead atoms. The van der Waals surface area contributed by atoms with E-state index in [1.54, 1.807) is 13.8 Å². The minimum Gasteiger partial charge on any atom is -0.205 e. The molecule has 0 spiro atoms. The molecule has 0 aromatic heterocycles. The molecule has 0 amide bonds. The van der Waals surface area contributed by atoms with Crippen LogP contribution >= 0.6 is 0 Å².